The van der Waals surface area contributed by atoms with Gasteiger partial charge >= 0.3 is 0 Å². The van der Waals surface area contributed by atoms with Crippen molar-refractivity contribution in [1.82, 2.24) is 9.91 Å². The lowest BCUT2D eigenvalue weighted by Crippen LogP contribution is -2.41. The monoisotopic (exact) mass is 197 g/mol. The third-order valence-electron chi connectivity index (χ3n) is 2.37. The second kappa shape index (κ2) is 4.20. The van der Waals surface area contributed by atoms with Crippen molar-refractivity contribution in [2.45, 2.75) is 47.2 Å². The van der Waals surface area contributed by atoms with E-state index in [0.29, 0.717) is 11.6 Å². The zero-order valence-corrected chi connectivity index (χ0v) is 10.1. The van der Waals surface area contributed by atoms with Gasteiger partial charge in [0, 0.05) is 13.1 Å². The molecule has 0 saturated carbocycles. The molecule has 14 heavy (non-hydrogen) atoms. The molecule has 3 nitrogen and oxygen atoms in total. The summed E-state index contributed by atoms with van der Waals surface area (Å²) in [4.78, 5) is 2.32. The fourth-order valence-electron chi connectivity index (χ4n) is 1.69. The fourth-order valence-corrected chi connectivity index (χ4v) is 1.69. The molecular formula is C11H23N3. The van der Waals surface area contributed by atoms with E-state index in [2.05, 4.69) is 49.6 Å². The molecule has 0 fully saturated rings. The van der Waals surface area contributed by atoms with E-state index in [9.17, 15) is 0 Å². The van der Waals surface area contributed by atoms with Gasteiger partial charge in [-0.1, -0.05) is 27.7 Å². The van der Waals surface area contributed by atoms with Crippen molar-refractivity contribution >= 4 is 6.34 Å². The van der Waals surface area contributed by atoms with Crippen molar-refractivity contribution in [2.75, 3.05) is 13.1 Å². The summed E-state index contributed by atoms with van der Waals surface area (Å²) in [6, 6.07) is 0. The van der Waals surface area contributed by atoms with Crippen LogP contribution in [0.15, 0.2) is 5.10 Å². The quantitative estimate of drug-likeness (QED) is 0.691. The van der Waals surface area contributed by atoms with E-state index in [0.717, 1.165) is 19.5 Å². The summed E-state index contributed by atoms with van der Waals surface area (Å²) in [5.74, 6) is 0. The van der Waals surface area contributed by atoms with Crippen molar-refractivity contribution in [2.24, 2.45) is 10.5 Å². The van der Waals surface area contributed by atoms with Gasteiger partial charge in [-0.3, -0.25) is 5.01 Å². The average molecular weight is 197 g/mol. The maximum atomic E-state index is 4.41. The van der Waals surface area contributed by atoms with E-state index in [1.807, 2.05) is 6.34 Å². The van der Waals surface area contributed by atoms with Crippen LogP contribution < -0.4 is 0 Å². The Morgan fingerprint density at radius 3 is 2.50 bits per heavy atom. The molecule has 1 aliphatic heterocycles. The maximum Gasteiger partial charge on any atom is 0.116 e. The van der Waals surface area contributed by atoms with Gasteiger partial charge in [0.1, 0.15) is 12.5 Å². The Hall–Kier alpha value is -0.730. The van der Waals surface area contributed by atoms with Crippen molar-refractivity contribution in [1.29, 1.82) is 0 Å². The highest BCUT2D eigenvalue weighted by Crippen LogP contribution is 2.20. The molecule has 0 N–H and O–H groups in total. The highest BCUT2D eigenvalue weighted by molar-refractivity contribution is 5.57. The smallest absolute Gasteiger partial charge is 0.116 e. The summed E-state index contributed by atoms with van der Waals surface area (Å²) < 4.78 is 0. The first-order valence-electron chi connectivity index (χ1n) is 5.50. The van der Waals surface area contributed by atoms with Crippen LogP contribution in [0.25, 0.3) is 0 Å². The Morgan fingerprint density at radius 2 is 2.00 bits per heavy atom. The predicted octanol–water partition coefficient (Wildman–Crippen LogP) is 2.35. The largest absolute Gasteiger partial charge is 0.339 e. The van der Waals surface area contributed by atoms with Gasteiger partial charge in [-0.15, -0.1) is 0 Å². The number of rotatable bonds is 3. The van der Waals surface area contributed by atoms with Crippen molar-refractivity contribution in [3.63, 3.8) is 0 Å². The summed E-state index contributed by atoms with van der Waals surface area (Å²) in [7, 11) is 0. The van der Waals surface area contributed by atoms with E-state index in [4.69, 9.17) is 0 Å². The Kier molecular flexibility index (Phi) is 3.40. The molecule has 0 aromatic rings. The lowest BCUT2D eigenvalue weighted by Gasteiger charge is -2.32. The minimum absolute atomic E-state index is 0.336. The molecule has 1 rings (SSSR count). The maximum absolute atomic E-state index is 4.41. The number of nitrogens with zero attached hydrogens (tertiary/aromatic N) is 3. The minimum atomic E-state index is 0.336. The first-order valence-corrected chi connectivity index (χ1v) is 5.50. The highest BCUT2D eigenvalue weighted by Gasteiger charge is 2.26. The van der Waals surface area contributed by atoms with E-state index < -0.39 is 0 Å². The molecule has 0 saturated heterocycles. The molecule has 1 atom stereocenters. The Balaban J connectivity index is 2.48. The molecule has 0 radical (unpaired) electrons. The normalized spacial score (nSPS) is 22.2. The molecule has 0 amide bonds. The average Bonchev–Trinajstić information content (AvgIpc) is 2.34. The molecule has 1 unspecified atom stereocenters. The molecule has 0 spiro atoms. The Morgan fingerprint density at radius 1 is 1.36 bits per heavy atom. The van der Waals surface area contributed by atoms with Crippen LogP contribution >= 0.6 is 0 Å². The predicted molar refractivity (Wildman–Crippen MR) is 61.1 cm³/mol. The van der Waals surface area contributed by atoms with Gasteiger partial charge in [0.25, 0.3) is 0 Å². The Bertz CT molecular complexity index is 205. The molecule has 1 aliphatic rings. The molecule has 1 heterocycles. The summed E-state index contributed by atoms with van der Waals surface area (Å²) in [6.07, 6.45) is 3.56. The zero-order valence-electron chi connectivity index (χ0n) is 10.1. The molecule has 0 aliphatic carbocycles. The summed E-state index contributed by atoms with van der Waals surface area (Å²) in [5, 5.41) is 6.56. The minimum Gasteiger partial charge on any atom is -0.339 e. The van der Waals surface area contributed by atoms with Gasteiger partial charge in [-0.2, -0.15) is 5.10 Å². The zero-order chi connectivity index (χ0) is 10.8. The fraction of sp³-hybridized carbons (Fsp3) is 0.909. The Labute approximate surface area is 87.8 Å². The van der Waals surface area contributed by atoms with E-state index in [1.165, 1.54) is 0 Å². The second-order valence-electron chi connectivity index (χ2n) is 5.26. The van der Waals surface area contributed by atoms with Crippen LogP contribution in [0.3, 0.4) is 0 Å². The third kappa shape index (κ3) is 2.89. The van der Waals surface area contributed by atoms with Gasteiger partial charge in [-0.05, 0) is 18.8 Å². The van der Waals surface area contributed by atoms with Gasteiger partial charge in [-0.25, -0.2) is 0 Å². The van der Waals surface area contributed by atoms with Crippen LogP contribution in [-0.4, -0.2) is 35.5 Å². The van der Waals surface area contributed by atoms with Crippen LogP contribution in [0.5, 0.6) is 0 Å². The summed E-state index contributed by atoms with van der Waals surface area (Å²) in [5.41, 5.74) is 0.336. The number of hydrazone groups is 1. The summed E-state index contributed by atoms with van der Waals surface area (Å²) >= 11 is 0. The third-order valence-corrected chi connectivity index (χ3v) is 2.37. The van der Waals surface area contributed by atoms with Crippen molar-refractivity contribution in [3.8, 4) is 0 Å². The molecule has 0 aromatic carbocycles. The van der Waals surface area contributed by atoms with Gasteiger partial charge in [0.15, 0.2) is 0 Å². The van der Waals surface area contributed by atoms with E-state index in [-0.39, 0.29) is 0 Å². The van der Waals surface area contributed by atoms with Crippen LogP contribution in [0, 0.1) is 5.41 Å². The van der Waals surface area contributed by atoms with Crippen LogP contribution in [0.2, 0.25) is 0 Å². The topological polar surface area (TPSA) is 18.8 Å². The highest BCUT2D eigenvalue weighted by atomic mass is 15.6. The van der Waals surface area contributed by atoms with Crippen molar-refractivity contribution in [3.05, 3.63) is 0 Å². The van der Waals surface area contributed by atoms with Gasteiger partial charge in [0.05, 0.1) is 0 Å². The van der Waals surface area contributed by atoms with Crippen molar-refractivity contribution < 1.29 is 0 Å². The lowest BCUT2D eigenvalue weighted by atomic mass is 9.96. The van der Waals surface area contributed by atoms with Crippen LogP contribution in [0.1, 0.15) is 41.0 Å². The second-order valence-corrected chi connectivity index (χ2v) is 5.26. The first-order chi connectivity index (χ1) is 6.44. The molecule has 0 bridgehead atoms. The lowest BCUT2D eigenvalue weighted by molar-refractivity contribution is 0.122. The molecule has 82 valence electrons. The number of hydrogen-bond acceptors (Lipinski definition) is 3. The summed E-state index contributed by atoms with van der Waals surface area (Å²) in [6.45, 7) is 13.3. The van der Waals surface area contributed by atoms with E-state index in [1.54, 1.807) is 0 Å². The van der Waals surface area contributed by atoms with Gasteiger partial charge < -0.3 is 4.90 Å². The molecular weight excluding hydrogens is 174 g/mol. The van der Waals surface area contributed by atoms with Crippen LogP contribution in [-0.2, 0) is 0 Å². The standard InChI is InChI=1S/C11H23N3/c1-6-7-14-10(2)13(9-12-14)8-11(3,4)5/h9-10H,6-8H2,1-5H3. The SMILES string of the molecule is CCCN1N=CN(CC(C)(C)C)C1C. The molecule has 0 aromatic heterocycles. The molecule has 3 heteroatoms. The first kappa shape index (κ1) is 11.3. The van der Waals surface area contributed by atoms with E-state index >= 15 is 0 Å². The number of hydrogen-bond donors (Lipinski definition) is 0. The van der Waals surface area contributed by atoms with Crippen LogP contribution in [0.4, 0.5) is 0 Å². The van der Waals surface area contributed by atoms with Gasteiger partial charge in [0.2, 0.25) is 0 Å².